The number of nitrogens with two attached hydrogens (primary N) is 2. The molecule has 0 saturated carbocycles. The molecule has 0 aromatic carbocycles. The van der Waals surface area contributed by atoms with Gasteiger partial charge in [0, 0.05) is 6.07 Å². The Morgan fingerprint density at radius 3 is 2.88 bits per heavy atom. The molecule has 0 atom stereocenters. The Labute approximate surface area is 90.6 Å². The van der Waals surface area contributed by atoms with E-state index in [0.29, 0.717) is 0 Å². The molecule has 1 amide bonds. The van der Waals surface area contributed by atoms with Crippen LogP contribution >= 0.6 is 0 Å². The second-order valence-corrected chi connectivity index (χ2v) is 2.83. The molecule has 7 heteroatoms. The van der Waals surface area contributed by atoms with E-state index in [1.165, 1.54) is 6.07 Å². The summed E-state index contributed by atoms with van der Waals surface area (Å²) in [7, 11) is 0. The maximum atomic E-state index is 10.4. The molecule has 1 heterocycles. The summed E-state index contributed by atoms with van der Waals surface area (Å²) in [6, 6.07) is 1.19. The third-order valence-corrected chi connectivity index (χ3v) is 1.60. The van der Waals surface area contributed by atoms with E-state index in [2.05, 4.69) is 16.8 Å². The predicted octanol–water partition coefficient (Wildman–Crippen LogP) is -0.201. The Bertz CT molecular complexity index is 501. The zero-order valence-electron chi connectivity index (χ0n) is 8.14. The molecule has 0 fully saturated rings. The summed E-state index contributed by atoms with van der Waals surface area (Å²) in [5, 5.41) is 10.4. The summed E-state index contributed by atoms with van der Waals surface area (Å²) in [4.78, 5) is 23.9. The van der Waals surface area contributed by atoms with Crippen molar-refractivity contribution in [2.75, 3.05) is 5.73 Å². The van der Waals surface area contributed by atoms with Crippen LogP contribution in [0.5, 0.6) is 0 Å². The highest BCUT2D eigenvalue weighted by molar-refractivity contribution is 5.76. The Kier molecular flexibility index (Phi) is 3.40. The van der Waals surface area contributed by atoms with Crippen LogP contribution in [0.4, 0.5) is 11.5 Å². The first-order valence-corrected chi connectivity index (χ1v) is 4.18. The van der Waals surface area contributed by atoms with Crippen LogP contribution in [0.15, 0.2) is 12.3 Å². The number of carbonyl (C=O) groups is 1. The summed E-state index contributed by atoms with van der Waals surface area (Å²) in [6.45, 7) is 0. The average Bonchev–Trinajstić information content (AvgIpc) is 2.20. The molecule has 82 valence electrons. The smallest absolute Gasteiger partial charge is 0.288 e. The second kappa shape index (κ2) is 4.75. The van der Waals surface area contributed by atoms with Crippen LogP contribution in [0, 0.1) is 22.0 Å². The van der Waals surface area contributed by atoms with Crippen molar-refractivity contribution < 1.29 is 9.72 Å². The first-order chi connectivity index (χ1) is 7.50. The summed E-state index contributed by atoms with van der Waals surface area (Å²) < 4.78 is 0. The van der Waals surface area contributed by atoms with Crippen molar-refractivity contribution in [3.63, 3.8) is 0 Å². The van der Waals surface area contributed by atoms with Crippen LogP contribution in [0.25, 0.3) is 0 Å². The molecule has 0 radical (unpaired) electrons. The van der Waals surface area contributed by atoms with Crippen LogP contribution in [0.3, 0.4) is 0 Å². The second-order valence-electron chi connectivity index (χ2n) is 2.83. The lowest BCUT2D eigenvalue weighted by atomic mass is 10.2. The Morgan fingerprint density at radius 1 is 1.62 bits per heavy atom. The molecule has 0 aliphatic carbocycles. The monoisotopic (exact) mass is 220 g/mol. The number of hydrogen-bond donors (Lipinski definition) is 2. The van der Waals surface area contributed by atoms with Crippen molar-refractivity contribution >= 4 is 17.4 Å². The van der Waals surface area contributed by atoms with E-state index in [1.807, 2.05) is 0 Å². The number of anilines is 1. The lowest BCUT2D eigenvalue weighted by Gasteiger charge is -1.96. The maximum Gasteiger partial charge on any atom is 0.288 e. The van der Waals surface area contributed by atoms with E-state index >= 15 is 0 Å². The standard InChI is InChI=1S/C9H8N4O3/c10-8(14)3-1-2-6-4-7(13(15)16)5-12-9(6)11/h4-5H,3H2,(H2,10,14)(H2,11,12). The van der Waals surface area contributed by atoms with Gasteiger partial charge < -0.3 is 11.5 Å². The normalized spacial score (nSPS) is 9.00. The minimum atomic E-state index is -0.605. The number of pyridine rings is 1. The van der Waals surface area contributed by atoms with Crippen LogP contribution < -0.4 is 11.5 Å². The fourth-order valence-corrected chi connectivity index (χ4v) is 0.891. The molecule has 0 spiro atoms. The molecule has 4 N–H and O–H groups in total. The van der Waals surface area contributed by atoms with Gasteiger partial charge in [0.2, 0.25) is 5.91 Å². The van der Waals surface area contributed by atoms with Gasteiger partial charge >= 0.3 is 0 Å². The number of carbonyl (C=O) groups excluding carboxylic acids is 1. The quantitative estimate of drug-likeness (QED) is 0.405. The first-order valence-electron chi connectivity index (χ1n) is 4.18. The number of nitrogens with zero attached hydrogens (tertiary/aromatic N) is 2. The molecule has 1 rings (SSSR count). The lowest BCUT2D eigenvalue weighted by molar-refractivity contribution is -0.385. The fraction of sp³-hybridized carbons (Fsp3) is 0.111. The third kappa shape index (κ3) is 2.95. The Balaban J connectivity index is 3.01. The summed E-state index contributed by atoms with van der Waals surface area (Å²) in [6.07, 6.45) is 0.900. The van der Waals surface area contributed by atoms with Crippen LogP contribution in [-0.2, 0) is 4.79 Å². The molecule has 7 nitrogen and oxygen atoms in total. The number of nitro groups is 1. The van der Waals surface area contributed by atoms with E-state index in [1.54, 1.807) is 0 Å². The van der Waals surface area contributed by atoms with Gasteiger partial charge in [-0.1, -0.05) is 11.8 Å². The zero-order valence-corrected chi connectivity index (χ0v) is 8.14. The summed E-state index contributed by atoms with van der Waals surface area (Å²) in [5.74, 6) is 4.43. The first kappa shape index (κ1) is 11.5. The van der Waals surface area contributed by atoms with Gasteiger partial charge in [-0.25, -0.2) is 4.98 Å². The van der Waals surface area contributed by atoms with E-state index in [-0.39, 0.29) is 23.5 Å². The van der Waals surface area contributed by atoms with Crippen LogP contribution in [0.1, 0.15) is 12.0 Å². The number of aromatic nitrogens is 1. The topological polar surface area (TPSA) is 125 Å². The molecular weight excluding hydrogens is 212 g/mol. The largest absolute Gasteiger partial charge is 0.383 e. The average molecular weight is 220 g/mol. The Morgan fingerprint density at radius 2 is 2.31 bits per heavy atom. The van der Waals surface area contributed by atoms with Gasteiger partial charge in [0.25, 0.3) is 5.69 Å². The number of hydrogen-bond acceptors (Lipinski definition) is 5. The van der Waals surface area contributed by atoms with Crippen molar-refractivity contribution in [2.24, 2.45) is 5.73 Å². The molecule has 0 aliphatic heterocycles. The number of nitrogen functional groups attached to an aromatic ring is 1. The highest BCUT2D eigenvalue weighted by Gasteiger charge is 2.08. The van der Waals surface area contributed by atoms with Gasteiger partial charge in [0.15, 0.2) is 0 Å². The molecule has 1 aromatic rings. The van der Waals surface area contributed by atoms with E-state index < -0.39 is 10.8 Å². The van der Waals surface area contributed by atoms with Crippen molar-refractivity contribution in [1.82, 2.24) is 4.98 Å². The van der Waals surface area contributed by atoms with Crippen LogP contribution in [-0.4, -0.2) is 15.8 Å². The minimum absolute atomic E-state index is 0.0718. The zero-order chi connectivity index (χ0) is 12.1. The van der Waals surface area contributed by atoms with Gasteiger partial charge in [-0.15, -0.1) is 0 Å². The van der Waals surface area contributed by atoms with Gasteiger partial charge in [0.1, 0.15) is 12.0 Å². The molecule has 0 saturated heterocycles. The highest BCUT2D eigenvalue weighted by atomic mass is 16.6. The summed E-state index contributed by atoms with van der Waals surface area (Å²) in [5.41, 5.74) is 10.3. The Hall–Kier alpha value is -2.62. The van der Waals surface area contributed by atoms with Gasteiger partial charge in [-0.2, -0.15) is 0 Å². The van der Waals surface area contributed by atoms with Gasteiger partial charge in [-0.3, -0.25) is 14.9 Å². The van der Waals surface area contributed by atoms with E-state index in [4.69, 9.17) is 11.5 Å². The third-order valence-electron chi connectivity index (χ3n) is 1.60. The van der Waals surface area contributed by atoms with Crippen molar-refractivity contribution in [3.8, 4) is 11.8 Å². The van der Waals surface area contributed by atoms with Gasteiger partial charge in [0.05, 0.1) is 16.9 Å². The number of amides is 1. The highest BCUT2D eigenvalue weighted by Crippen LogP contribution is 2.15. The molecule has 0 unspecified atom stereocenters. The maximum absolute atomic E-state index is 10.4. The molecular formula is C9H8N4O3. The predicted molar refractivity (Wildman–Crippen MR) is 56.0 cm³/mol. The minimum Gasteiger partial charge on any atom is -0.383 e. The molecule has 16 heavy (non-hydrogen) atoms. The lowest BCUT2D eigenvalue weighted by Crippen LogP contribution is -2.08. The molecule has 0 aliphatic rings. The van der Waals surface area contributed by atoms with Crippen molar-refractivity contribution in [3.05, 3.63) is 27.9 Å². The number of primary amides is 1. The van der Waals surface area contributed by atoms with E-state index in [0.717, 1.165) is 6.20 Å². The van der Waals surface area contributed by atoms with Crippen molar-refractivity contribution in [1.29, 1.82) is 0 Å². The SMILES string of the molecule is NC(=O)CC#Cc1cc([N+](=O)[O-])cnc1N. The van der Waals surface area contributed by atoms with Crippen LogP contribution in [0.2, 0.25) is 0 Å². The summed E-state index contributed by atoms with van der Waals surface area (Å²) >= 11 is 0. The van der Waals surface area contributed by atoms with Crippen molar-refractivity contribution in [2.45, 2.75) is 6.42 Å². The van der Waals surface area contributed by atoms with Gasteiger partial charge in [-0.05, 0) is 0 Å². The van der Waals surface area contributed by atoms with E-state index in [9.17, 15) is 14.9 Å². The molecule has 1 aromatic heterocycles. The molecule has 0 bridgehead atoms. The number of rotatable bonds is 2. The fourth-order valence-electron chi connectivity index (χ4n) is 0.891.